The molecule has 0 spiro atoms. The van der Waals surface area contributed by atoms with E-state index in [0.717, 1.165) is 24.9 Å². The van der Waals surface area contributed by atoms with Crippen molar-refractivity contribution in [2.45, 2.75) is 25.4 Å². The van der Waals surface area contributed by atoms with Crippen LogP contribution in [0.5, 0.6) is 0 Å². The molecule has 1 amide bonds. The highest BCUT2D eigenvalue weighted by atomic mass is 35.5. The van der Waals surface area contributed by atoms with Crippen molar-refractivity contribution in [3.8, 4) is 0 Å². The van der Waals surface area contributed by atoms with Crippen LogP contribution in [0.2, 0.25) is 5.02 Å². The Hall–Kier alpha value is -1.10. The molecule has 2 N–H and O–H groups in total. The van der Waals surface area contributed by atoms with E-state index in [1.807, 2.05) is 17.0 Å². The summed E-state index contributed by atoms with van der Waals surface area (Å²) in [5.41, 5.74) is 0.972. The zero-order valence-corrected chi connectivity index (χ0v) is 10.9. The van der Waals surface area contributed by atoms with Gasteiger partial charge in [-0.1, -0.05) is 23.7 Å². The molecule has 1 aliphatic heterocycles. The Morgan fingerprint density at radius 1 is 1.44 bits per heavy atom. The topological polar surface area (TPSA) is 55.6 Å². The maximum absolute atomic E-state index is 12.1. The maximum atomic E-state index is 12.1. The van der Waals surface area contributed by atoms with Crippen molar-refractivity contribution >= 4 is 17.5 Å². The minimum absolute atomic E-state index is 0.0343. The van der Waals surface area contributed by atoms with E-state index in [-0.39, 0.29) is 12.0 Å². The number of benzene rings is 1. The van der Waals surface area contributed by atoms with E-state index >= 15 is 0 Å². The Bertz CT molecular complexity index is 408. The van der Waals surface area contributed by atoms with Gasteiger partial charge >= 0.3 is 0 Å². The number of hydrogen-bond donors (Lipinski definition) is 1. The monoisotopic (exact) mass is 268 g/mol. The van der Waals surface area contributed by atoms with Gasteiger partial charge in [-0.3, -0.25) is 9.63 Å². The van der Waals surface area contributed by atoms with Crippen molar-refractivity contribution in [1.82, 2.24) is 4.90 Å². The minimum Gasteiger partial charge on any atom is -0.340 e. The van der Waals surface area contributed by atoms with Crippen LogP contribution in [0.4, 0.5) is 0 Å². The third kappa shape index (κ3) is 3.45. The second kappa shape index (κ2) is 6.18. The zero-order valence-electron chi connectivity index (χ0n) is 10.1. The molecule has 1 aromatic carbocycles. The summed E-state index contributed by atoms with van der Waals surface area (Å²) in [5.74, 6) is 5.29. The number of nitrogens with two attached hydrogens (primary N) is 1. The lowest BCUT2D eigenvalue weighted by molar-refractivity contribution is -0.134. The Morgan fingerprint density at radius 2 is 2.17 bits per heavy atom. The van der Waals surface area contributed by atoms with Gasteiger partial charge in [0.05, 0.1) is 12.5 Å². The highest BCUT2D eigenvalue weighted by molar-refractivity contribution is 6.30. The maximum Gasteiger partial charge on any atom is 0.227 e. The van der Waals surface area contributed by atoms with Crippen molar-refractivity contribution in [3.63, 3.8) is 0 Å². The number of amides is 1. The van der Waals surface area contributed by atoms with Crippen LogP contribution < -0.4 is 5.90 Å². The first-order valence-corrected chi connectivity index (χ1v) is 6.44. The minimum atomic E-state index is -0.0343. The van der Waals surface area contributed by atoms with Crippen molar-refractivity contribution in [2.24, 2.45) is 5.90 Å². The van der Waals surface area contributed by atoms with Gasteiger partial charge < -0.3 is 4.90 Å². The van der Waals surface area contributed by atoms with E-state index < -0.39 is 0 Å². The molecule has 0 bridgehead atoms. The van der Waals surface area contributed by atoms with Crippen LogP contribution in [0.1, 0.15) is 18.4 Å². The molecular formula is C13H17ClN2O2. The third-order valence-corrected chi connectivity index (χ3v) is 3.44. The summed E-state index contributed by atoms with van der Waals surface area (Å²) < 4.78 is 0. The molecule has 1 atom stereocenters. The van der Waals surface area contributed by atoms with Gasteiger partial charge in [0.25, 0.3) is 0 Å². The molecule has 1 aromatic rings. The SMILES string of the molecule is NOC1CCCN(C(=O)Cc2ccc(Cl)cc2)C1. The predicted octanol–water partition coefficient (Wildman–Crippen LogP) is 1.76. The van der Waals surface area contributed by atoms with Crippen LogP contribution in [0.15, 0.2) is 24.3 Å². The smallest absolute Gasteiger partial charge is 0.227 e. The van der Waals surface area contributed by atoms with E-state index in [2.05, 4.69) is 0 Å². The first-order chi connectivity index (χ1) is 8.69. The molecule has 98 valence electrons. The highest BCUT2D eigenvalue weighted by Gasteiger charge is 2.23. The molecule has 2 rings (SSSR count). The first-order valence-electron chi connectivity index (χ1n) is 6.07. The molecule has 0 aromatic heterocycles. The van der Waals surface area contributed by atoms with E-state index in [9.17, 15) is 4.79 Å². The molecule has 0 saturated carbocycles. The van der Waals surface area contributed by atoms with Crippen LogP contribution in [-0.4, -0.2) is 30.0 Å². The van der Waals surface area contributed by atoms with Gasteiger partial charge in [-0.2, -0.15) is 0 Å². The molecular weight excluding hydrogens is 252 g/mol. The number of halogens is 1. The summed E-state index contributed by atoms with van der Waals surface area (Å²) in [7, 11) is 0. The van der Waals surface area contributed by atoms with Crippen LogP contribution >= 0.6 is 11.6 Å². The van der Waals surface area contributed by atoms with Crippen LogP contribution in [-0.2, 0) is 16.1 Å². The first kappa shape index (κ1) is 13.3. The van der Waals surface area contributed by atoms with Crippen LogP contribution in [0.3, 0.4) is 0 Å². The zero-order chi connectivity index (χ0) is 13.0. The van der Waals surface area contributed by atoms with Gasteiger partial charge in [-0.15, -0.1) is 0 Å². The Kier molecular flexibility index (Phi) is 4.58. The molecule has 1 fully saturated rings. The van der Waals surface area contributed by atoms with E-state index in [4.69, 9.17) is 22.3 Å². The number of carbonyl (C=O) groups is 1. The van der Waals surface area contributed by atoms with Crippen LogP contribution in [0.25, 0.3) is 0 Å². The fourth-order valence-corrected chi connectivity index (χ4v) is 2.29. The number of rotatable bonds is 3. The fraction of sp³-hybridized carbons (Fsp3) is 0.462. The van der Waals surface area contributed by atoms with Gasteiger partial charge in [-0.05, 0) is 30.5 Å². The van der Waals surface area contributed by atoms with E-state index in [1.54, 1.807) is 12.1 Å². The normalized spacial score (nSPS) is 19.9. The van der Waals surface area contributed by atoms with Gasteiger partial charge in [0.1, 0.15) is 0 Å². The summed E-state index contributed by atoms with van der Waals surface area (Å²) in [6.07, 6.45) is 2.22. The number of carbonyl (C=O) groups excluding carboxylic acids is 1. The van der Waals surface area contributed by atoms with Crippen molar-refractivity contribution in [2.75, 3.05) is 13.1 Å². The lowest BCUT2D eigenvalue weighted by atomic mass is 10.1. The van der Waals surface area contributed by atoms with E-state index in [1.165, 1.54) is 0 Å². The van der Waals surface area contributed by atoms with Crippen molar-refractivity contribution in [3.05, 3.63) is 34.9 Å². The van der Waals surface area contributed by atoms with Gasteiger partial charge in [0.15, 0.2) is 0 Å². The van der Waals surface area contributed by atoms with Gasteiger partial charge in [-0.25, -0.2) is 5.90 Å². The van der Waals surface area contributed by atoms with Crippen molar-refractivity contribution in [1.29, 1.82) is 0 Å². The molecule has 5 heteroatoms. The number of nitrogens with zero attached hydrogens (tertiary/aromatic N) is 1. The number of piperidine rings is 1. The lowest BCUT2D eigenvalue weighted by Crippen LogP contribution is -2.44. The Balaban J connectivity index is 1.93. The summed E-state index contributed by atoms with van der Waals surface area (Å²) in [4.78, 5) is 18.8. The summed E-state index contributed by atoms with van der Waals surface area (Å²) in [6.45, 7) is 1.37. The fourth-order valence-electron chi connectivity index (χ4n) is 2.16. The van der Waals surface area contributed by atoms with Crippen molar-refractivity contribution < 1.29 is 9.63 Å². The molecule has 1 aliphatic rings. The third-order valence-electron chi connectivity index (χ3n) is 3.19. The standard InChI is InChI=1S/C13H17ClN2O2/c14-11-5-3-10(4-6-11)8-13(17)16-7-1-2-12(9-16)18-15/h3-6,12H,1-2,7-9,15H2. The number of hydrogen-bond acceptors (Lipinski definition) is 3. The van der Waals surface area contributed by atoms with Gasteiger partial charge in [0, 0.05) is 18.1 Å². The second-order valence-electron chi connectivity index (χ2n) is 4.54. The Morgan fingerprint density at radius 3 is 2.83 bits per heavy atom. The molecule has 4 nitrogen and oxygen atoms in total. The summed E-state index contributed by atoms with van der Waals surface area (Å²) >= 11 is 5.81. The summed E-state index contributed by atoms with van der Waals surface area (Å²) in [5, 5.41) is 0.681. The summed E-state index contributed by atoms with van der Waals surface area (Å²) in [6, 6.07) is 7.35. The highest BCUT2D eigenvalue weighted by Crippen LogP contribution is 2.15. The molecule has 1 saturated heterocycles. The molecule has 18 heavy (non-hydrogen) atoms. The quantitative estimate of drug-likeness (QED) is 0.850. The molecule has 0 aliphatic carbocycles. The number of likely N-dealkylation sites (tertiary alicyclic amines) is 1. The lowest BCUT2D eigenvalue weighted by Gasteiger charge is -2.31. The van der Waals surface area contributed by atoms with Gasteiger partial charge in [0.2, 0.25) is 5.91 Å². The Labute approximate surface area is 112 Å². The molecule has 1 heterocycles. The average molecular weight is 269 g/mol. The largest absolute Gasteiger partial charge is 0.340 e. The van der Waals surface area contributed by atoms with Crippen LogP contribution in [0, 0.1) is 0 Å². The molecule has 1 unspecified atom stereocenters. The molecule has 0 radical (unpaired) electrons. The van der Waals surface area contributed by atoms with E-state index in [0.29, 0.717) is 18.0 Å². The average Bonchev–Trinajstić information content (AvgIpc) is 2.41. The second-order valence-corrected chi connectivity index (χ2v) is 4.98. The predicted molar refractivity (Wildman–Crippen MR) is 70.0 cm³/mol.